The number of thiazole rings is 1. The van der Waals surface area contributed by atoms with Gasteiger partial charge in [-0.3, -0.25) is 4.79 Å². The summed E-state index contributed by atoms with van der Waals surface area (Å²) in [6.07, 6.45) is 1.79. The zero-order valence-electron chi connectivity index (χ0n) is 12.2. The summed E-state index contributed by atoms with van der Waals surface area (Å²) in [6, 6.07) is 15.6. The van der Waals surface area contributed by atoms with Crippen molar-refractivity contribution in [1.29, 1.82) is 0 Å². The van der Waals surface area contributed by atoms with Crippen LogP contribution >= 0.6 is 11.3 Å². The van der Waals surface area contributed by atoms with Crippen LogP contribution in [0.1, 0.15) is 21.5 Å². The lowest BCUT2D eigenvalue weighted by atomic mass is 10.1. The lowest BCUT2D eigenvalue weighted by molar-refractivity contribution is 0.0951. The summed E-state index contributed by atoms with van der Waals surface area (Å²) >= 11 is 1.60. The van der Waals surface area contributed by atoms with Crippen LogP contribution in [-0.2, 0) is 6.54 Å². The molecule has 0 saturated carbocycles. The maximum Gasteiger partial charge on any atom is 0.251 e. The van der Waals surface area contributed by atoms with Gasteiger partial charge in [-0.15, -0.1) is 11.3 Å². The number of nitrogens with one attached hydrogen (secondary N) is 1. The van der Waals surface area contributed by atoms with Crippen LogP contribution in [0.2, 0.25) is 0 Å². The Kier molecular flexibility index (Phi) is 4.30. The molecule has 22 heavy (non-hydrogen) atoms. The van der Waals surface area contributed by atoms with E-state index in [0.29, 0.717) is 12.1 Å². The van der Waals surface area contributed by atoms with Gasteiger partial charge in [0.15, 0.2) is 0 Å². The molecule has 2 aromatic carbocycles. The van der Waals surface area contributed by atoms with E-state index >= 15 is 0 Å². The molecule has 0 atom stereocenters. The molecule has 0 spiro atoms. The largest absolute Gasteiger partial charge is 0.348 e. The van der Waals surface area contributed by atoms with Gasteiger partial charge in [0, 0.05) is 29.2 Å². The van der Waals surface area contributed by atoms with E-state index in [9.17, 15) is 4.79 Å². The molecule has 4 heteroatoms. The third-order valence-electron chi connectivity index (χ3n) is 3.40. The summed E-state index contributed by atoms with van der Waals surface area (Å²) in [5, 5.41) is 5.91. The van der Waals surface area contributed by atoms with Crippen molar-refractivity contribution in [3.63, 3.8) is 0 Å². The zero-order chi connectivity index (χ0) is 15.4. The number of amides is 1. The number of hydrogen-bond donors (Lipinski definition) is 1. The molecule has 3 nitrogen and oxygen atoms in total. The van der Waals surface area contributed by atoms with Crippen LogP contribution in [0.4, 0.5) is 0 Å². The molecule has 0 aliphatic heterocycles. The topological polar surface area (TPSA) is 42.0 Å². The molecule has 3 aromatic rings. The quantitative estimate of drug-likeness (QED) is 0.790. The van der Waals surface area contributed by atoms with Gasteiger partial charge in [0.25, 0.3) is 5.91 Å². The molecule has 0 aliphatic rings. The first-order chi connectivity index (χ1) is 10.7. The summed E-state index contributed by atoms with van der Waals surface area (Å²) in [5.74, 6) is -0.0577. The van der Waals surface area contributed by atoms with E-state index in [1.54, 1.807) is 17.5 Å². The summed E-state index contributed by atoms with van der Waals surface area (Å²) in [4.78, 5) is 16.6. The van der Waals surface area contributed by atoms with E-state index < -0.39 is 0 Å². The van der Waals surface area contributed by atoms with Gasteiger partial charge in [0.2, 0.25) is 0 Å². The van der Waals surface area contributed by atoms with Crippen molar-refractivity contribution in [3.05, 3.63) is 76.8 Å². The second kappa shape index (κ2) is 6.54. The van der Waals surface area contributed by atoms with E-state index in [4.69, 9.17) is 0 Å². The Morgan fingerprint density at radius 1 is 1.18 bits per heavy atom. The minimum absolute atomic E-state index is 0.0577. The molecular weight excluding hydrogens is 292 g/mol. The molecule has 0 fully saturated rings. The molecular formula is C18H16N2OS. The summed E-state index contributed by atoms with van der Waals surface area (Å²) in [6.45, 7) is 2.47. The summed E-state index contributed by atoms with van der Waals surface area (Å²) in [5.41, 5.74) is 3.91. The highest BCUT2D eigenvalue weighted by atomic mass is 32.1. The Morgan fingerprint density at radius 2 is 2.05 bits per heavy atom. The first-order valence-corrected chi connectivity index (χ1v) is 7.94. The third-order valence-corrected chi connectivity index (χ3v) is 4.21. The predicted molar refractivity (Wildman–Crippen MR) is 89.9 cm³/mol. The SMILES string of the molecule is Cc1cccc(C(=O)NCc2ccccc2-c2nccs2)c1. The molecule has 1 aromatic heterocycles. The molecule has 110 valence electrons. The minimum atomic E-state index is -0.0577. The number of hydrogen-bond acceptors (Lipinski definition) is 3. The molecule has 1 N–H and O–H groups in total. The second-order valence-corrected chi connectivity index (χ2v) is 5.94. The molecule has 1 heterocycles. The van der Waals surface area contributed by atoms with E-state index in [-0.39, 0.29) is 5.91 Å². The number of benzene rings is 2. The van der Waals surface area contributed by atoms with Crippen LogP contribution in [0.5, 0.6) is 0 Å². The Hall–Kier alpha value is -2.46. The van der Waals surface area contributed by atoms with Gasteiger partial charge in [-0.1, -0.05) is 42.0 Å². The average molecular weight is 308 g/mol. The van der Waals surface area contributed by atoms with E-state index in [2.05, 4.69) is 10.3 Å². The van der Waals surface area contributed by atoms with Crippen LogP contribution in [0.25, 0.3) is 10.6 Å². The van der Waals surface area contributed by atoms with Gasteiger partial charge < -0.3 is 5.32 Å². The Balaban J connectivity index is 1.76. The first-order valence-electron chi connectivity index (χ1n) is 7.06. The fourth-order valence-corrected chi connectivity index (χ4v) is 3.00. The molecule has 0 aliphatic carbocycles. The summed E-state index contributed by atoms with van der Waals surface area (Å²) in [7, 11) is 0. The number of aryl methyl sites for hydroxylation is 1. The van der Waals surface area contributed by atoms with E-state index in [1.165, 1.54) is 0 Å². The smallest absolute Gasteiger partial charge is 0.251 e. The molecule has 0 unspecified atom stereocenters. The maximum absolute atomic E-state index is 12.2. The molecule has 3 rings (SSSR count). The van der Waals surface area contributed by atoms with Crippen molar-refractivity contribution in [2.75, 3.05) is 0 Å². The Labute approximate surface area is 133 Å². The van der Waals surface area contributed by atoms with Crippen LogP contribution < -0.4 is 5.32 Å². The monoisotopic (exact) mass is 308 g/mol. The lowest BCUT2D eigenvalue weighted by Crippen LogP contribution is -2.23. The molecule has 1 amide bonds. The highest BCUT2D eigenvalue weighted by Crippen LogP contribution is 2.25. The Bertz CT molecular complexity index is 781. The number of rotatable bonds is 4. The highest BCUT2D eigenvalue weighted by molar-refractivity contribution is 7.13. The fourth-order valence-electron chi connectivity index (χ4n) is 2.30. The van der Waals surface area contributed by atoms with Crippen LogP contribution in [0.3, 0.4) is 0 Å². The first kappa shape index (κ1) is 14.5. The van der Waals surface area contributed by atoms with Crippen molar-refractivity contribution in [1.82, 2.24) is 10.3 Å². The van der Waals surface area contributed by atoms with Crippen molar-refractivity contribution in [2.24, 2.45) is 0 Å². The van der Waals surface area contributed by atoms with Crippen LogP contribution in [-0.4, -0.2) is 10.9 Å². The van der Waals surface area contributed by atoms with E-state index in [1.807, 2.05) is 60.8 Å². The number of carbonyl (C=O) groups excluding carboxylic acids is 1. The normalized spacial score (nSPS) is 10.4. The van der Waals surface area contributed by atoms with Crippen LogP contribution in [0, 0.1) is 6.92 Å². The van der Waals surface area contributed by atoms with Gasteiger partial charge in [0.05, 0.1) is 0 Å². The maximum atomic E-state index is 12.2. The standard InChI is InChI=1S/C18H16N2OS/c1-13-5-4-7-14(11-13)17(21)20-12-15-6-2-3-8-16(15)18-19-9-10-22-18/h2-11H,12H2,1H3,(H,20,21). The average Bonchev–Trinajstić information content (AvgIpc) is 3.07. The van der Waals surface area contributed by atoms with Gasteiger partial charge in [-0.25, -0.2) is 4.98 Å². The van der Waals surface area contributed by atoms with Gasteiger partial charge in [-0.2, -0.15) is 0 Å². The van der Waals surface area contributed by atoms with Crippen molar-refractivity contribution in [3.8, 4) is 10.6 Å². The highest BCUT2D eigenvalue weighted by Gasteiger charge is 2.09. The molecule has 0 bridgehead atoms. The van der Waals surface area contributed by atoms with Crippen molar-refractivity contribution < 1.29 is 4.79 Å². The molecule has 0 saturated heterocycles. The zero-order valence-corrected chi connectivity index (χ0v) is 13.1. The number of nitrogens with zero attached hydrogens (tertiary/aromatic N) is 1. The fraction of sp³-hybridized carbons (Fsp3) is 0.111. The van der Waals surface area contributed by atoms with Gasteiger partial charge in [0.1, 0.15) is 5.01 Å². The third kappa shape index (κ3) is 3.23. The second-order valence-electron chi connectivity index (χ2n) is 5.05. The van der Waals surface area contributed by atoms with Crippen molar-refractivity contribution >= 4 is 17.2 Å². The summed E-state index contributed by atoms with van der Waals surface area (Å²) < 4.78 is 0. The minimum Gasteiger partial charge on any atom is -0.348 e. The lowest BCUT2D eigenvalue weighted by Gasteiger charge is -2.09. The number of carbonyl (C=O) groups is 1. The van der Waals surface area contributed by atoms with Crippen molar-refractivity contribution in [2.45, 2.75) is 13.5 Å². The molecule has 0 radical (unpaired) electrons. The van der Waals surface area contributed by atoms with E-state index in [0.717, 1.165) is 21.7 Å². The van der Waals surface area contributed by atoms with Gasteiger partial charge >= 0.3 is 0 Å². The number of aromatic nitrogens is 1. The Morgan fingerprint density at radius 3 is 2.82 bits per heavy atom. The van der Waals surface area contributed by atoms with Crippen LogP contribution in [0.15, 0.2) is 60.1 Å². The predicted octanol–water partition coefficient (Wildman–Crippen LogP) is 4.05. The van der Waals surface area contributed by atoms with Gasteiger partial charge in [-0.05, 0) is 24.6 Å².